The molecule has 6 heteroatoms. The second kappa shape index (κ2) is 2.55. The van der Waals surface area contributed by atoms with Crippen LogP contribution in [0.4, 0.5) is 0 Å². The van der Waals surface area contributed by atoms with Crippen LogP contribution in [0.15, 0.2) is 0 Å². The van der Waals surface area contributed by atoms with Crippen LogP contribution in [0.1, 0.15) is 0 Å². The normalized spacial score (nSPS) is 24.6. The van der Waals surface area contributed by atoms with E-state index in [0.29, 0.717) is 4.32 Å². The van der Waals surface area contributed by atoms with Gasteiger partial charge in [0.1, 0.15) is 4.32 Å². The van der Waals surface area contributed by atoms with Gasteiger partial charge in [-0.25, -0.2) is 0 Å². The number of nitrogens with two attached hydrogens (primary N) is 1. The molecule has 0 radical (unpaired) electrons. The lowest BCUT2D eigenvalue weighted by Gasteiger charge is -1.99. The van der Waals surface area contributed by atoms with Crippen molar-refractivity contribution in [3.8, 4) is 0 Å². The Balaban J connectivity index is 2.72. The smallest absolute Gasteiger partial charge is 0.248 e. The first-order valence-corrected chi connectivity index (χ1v) is 3.65. The Hall–Kier alpha value is -0.620. The number of primary amides is 1. The molecule has 10 heavy (non-hydrogen) atoms. The maximum Gasteiger partial charge on any atom is 0.248 e. The summed E-state index contributed by atoms with van der Waals surface area (Å²) in [5.41, 5.74) is 4.86. The highest BCUT2D eigenvalue weighted by atomic mass is 32.2. The van der Waals surface area contributed by atoms with Crippen LogP contribution in [0.2, 0.25) is 0 Å². The van der Waals surface area contributed by atoms with Crippen LogP contribution in [0.3, 0.4) is 0 Å². The van der Waals surface area contributed by atoms with Gasteiger partial charge in [0.05, 0.1) is 0 Å². The van der Waals surface area contributed by atoms with E-state index in [1.165, 1.54) is 0 Å². The molecule has 1 aliphatic heterocycles. The highest BCUT2D eigenvalue weighted by molar-refractivity contribution is 8.33. The fraction of sp³-hybridized carbons (Fsp3) is 0.250. The van der Waals surface area contributed by atoms with Crippen molar-refractivity contribution >= 4 is 39.3 Å². The predicted molar refractivity (Wildman–Crippen MR) is 41.3 cm³/mol. The molecule has 1 heterocycles. The SMILES string of the molecule is NC(=O)C1NC(=S)SC1=O. The van der Waals surface area contributed by atoms with Gasteiger partial charge in [-0.2, -0.15) is 0 Å². The standard InChI is InChI=1S/C4H4N2O2S2/c5-2(7)1-3(8)10-4(9)6-1/h1H,(H2,5,7)(H,6,9). The van der Waals surface area contributed by atoms with Crippen molar-refractivity contribution in [3.63, 3.8) is 0 Å². The molecule has 54 valence electrons. The summed E-state index contributed by atoms with van der Waals surface area (Å²) < 4.78 is 0.314. The number of amides is 1. The van der Waals surface area contributed by atoms with Crippen LogP contribution in [0.5, 0.6) is 0 Å². The molecule has 1 rings (SSSR count). The predicted octanol–water partition coefficient (Wildman–Crippen LogP) is -1.01. The summed E-state index contributed by atoms with van der Waals surface area (Å²) in [7, 11) is 0. The van der Waals surface area contributed by atoms with E-state index in [-0.39, 0.29) is 5.12 Å². The summed E-state index contributed by atoms with van der Waals surface area (Å²) in [5, 5.41) is 2.15. The summed E-state index contributed by atoms with van der Waals surface area (Å²) in [6.07, 6.45) is 0. The summed E-state index contributed by atoms with van der Waals surface area (Å²) in [5.74, 6) is -0.683. The average Bonchev–Trinajstić information content (AvgIpc) is 2.10. The molecule has 1 fully saturated rings. The molecular formula is C4H4N2O2S2. The summed E-state index contributed by atoms with van der Waals surface area (Å²) in [4.78, 5) is 21.2. The Labute approximate surface area is 66.5 Å². The molecule has 1 saturated heterocycles. The molecule has 4 nitrogen and oxygen atoms in total. The van der Waals surface area contributed by atoms with Crippen molar-refractivity contribution in [2.24, 2.45) is 5.73 Å². The molecule has 0 saturated carbocycles. The van der Waals surface area contributed by atoms with Gasteiger partial charge < -0.3 is 11.1 Å². The largest absolute Gasteiger partial charge is 0.367 e. The van der Waals surface area contributed by atoms with Crippen LogP contribution in [0, 0.1) is 0 Å². The second-order valence-electron chi connectivity index (χ2n) is 1.69. The number of carbonyl (C=O) groups excluding carboxylic acids is 2. The molecule has 1 amide bonds. The topological polar surface area (TPSA) is 72.2 Å². The van der Waals surface area contributed by atoms with E-state index in [4.69, 9.17) is 5.73 Å². The lowest BCUT2D eigenvalue weighted by molar-refractivity contribution is -0.124. The Morgan fingerprint density at radius 1 is 1.80 bits per heavy atom. The molecule has 0 aromatic heterocycles. The van der Waals surface area contributed by atoms with Crippen molar-refractivity contribution < 1.29 is 9.59 Å². The quantitative estimate of drug-likeness (QED) is 0.395. The minimum absolute atomic E-state index is 0.314. The van der Waals surface area contributed by atoms with Gasteiger partial charge >= 0.3 is 0 Å². The van der Waals surface area contributed by atoms with Crippen LogP contribution < -0.4 is 11.1 Å². The van der Waals surface area contributed by atoms with Crippen molar-refractivity contribution in [1.29, 1.82) is 0 Å². The van der Waals surface area contributed by atoms with Gasteiger partial charge in [-0.3, -0.25) is 9.59 Å². The van der Waals surface area contributed by atoms with Crippen LogP contribution in [-0.2, 0) is 9.59 Å². The third-order valence-corrected chi connectivity index (χ3v) is 2.08. The highest BCUT2D eigenvalue weighted by Gasteiger charge is 2.32. The zero-order valence-corrected chi connectivity index (χ0v) is 6.42. The van der Waals surface area contributed by atoms with Gasteiger partial charge in [0, 0.05) is 0 Å². The van der Waals surface area contributed by atoms with Gasteiger partial charge in [0.25, 0.3) is 0 Å². The van der Waals surface area contributed by atoms with E-state index < -0.39 is 11.9 Å². The van der Waals surface area contributed by atoms with E-state index in [1.807, 2.05) is 0 Å². The molecule has 3 N–H and O–H groups in total. The van der Waals surface area contributed by atoms with E-state index in [0.717, 1.165) is 11.8 Å². The summed E-state index contributed by atoms with van der Waals surface area (Å²) >= 11 is 5.45. The monoisotopic (exact) mass is 176 g/mol. The molecule has 0 aromatic rings. The number of hydrogen-bond acceptors (Lipinski definition) is 4. The first-order chi connectivity index (χ1) is 4.61. The van der Waals surface area contributed by atoms with E-state index in [9.17, 15) is 9.59 Å². The minimum atomic E-state index is -0.919. The lowest BCUT2D eigenvalue weighted by atomic mass is 10.3. The average molecular weight is 176 g/mol. The van der Waals surface area contributed by atoms with E-state index >= 15 is 0 Å². The molecule has 0 aliphatic carbocycles. The number of nitrogens with one attached hydrogen (secondary N) is 1. The zero-order valence-electron chi connectivity index (χ0n) is 4.79. The van der Waals surface area contributed by atoms with Gasteiger partial charge in [0.2, 0.25) is 11.0 Å². The first kappa shape index (κ1) is 7.49. The maximum absolute atomic E-state index is 10.7. The van der Waals surface area contributed by atoms with Crippen LogP contribution >= 0.6 is 24.0 Å². The summed E-state index contributed by atoms with van der Waals surface area (Å²) in [6, 6.07) is -0.919. The Bertz CT molecular complexity index is 215. The van der Waals surface area contributed by atoms with E-state index in [2.05, 4.69) is 17.5 Å². The third kappa shape index (κ3) is 1.27. The van der Waals surface area contributed by atoms with Crippen LogP contribution in [0.25, 0.3) is 0 Å². The Kier molecular flexibility index (Phi) is 1.91. The maximum atomic E-state index is 10.7. The Morgan fingerprint density at radius 3 is 2.60 bits per heavy atom. The van der Waals surface area contributed by atoms with Gasteiger partial charge in [-0.1, -0.05) is 12.2 Å². The number of rotatable bonds is 1. The molecule has 0 aromatic carbocycles. The molecule has 0 bridgehead atoms. The molecule has 1 unspecified atom stereocenters. The second-order valence-corrected chi connectivity index (χ2v) is 3.37. The number of thioether (sulfide) groups is 1. The van der Waals surface area contributed by atoms with Crippen molar-refractivity contribution in [2.45, 2.75) is 6.04 Å². The number of hydrogen-bond donors (Lipinski definition) is 2. The Morgan fingerprint density at radius 2 is 2.40 bits per heavy atom. The van der Waals surface area contributed by atoms with Gasteiger partial charge in [-0.15, -0.1) is 0 Å². The van der Waals surface area contributed by atoms with Crippen molar-refractivity contribution in [3.05, 3.63) is 0 Å². The highest BCUT2D eigenvalue weighted by Crippen LogP contribution is 2.14. The van der Waals surface area contributed by atoms with Crippen molar-refractivity contribution in [2.75, 3.05) is 0 Å². The third-order valence-electron chi connectivity index (χ3n) is 0.976. The molecule has 1 atom stereocenters. The van der Waals surface area contributed by atoms with Gasteiger partial charge in [0.15, 0.2) is 6.04 Å². The van der Waals surface area contributed by atoms with E-state index in [1.54, 1.807) is 0 Å². The first-order valence-electron chi connectivity index (χ1n) is 2.43. The molecular weight excluding hydrogens is 172 g/mol. The van der Waals surface area contributed by atoms with Crippen LogP contribution in [-0.4, -0.2) is 21.4 Å². The minimum Gasteiger partial charge on any atom is -0.367 e. The lowest BCUT2D eigenvalue weighted by Crippen LogP contribution is -2.41. The molecule has 1 aliphatic rings. The summed E-state index contributed by atoms with van der Waals surface area (Å²) in [6.45, 7) is 0. The number of thiocarbonyl (C=S) groups is 1. The van der Waals surface area contributed by atoms with Crippen molar-refractivity contribution in [1.82, 2.24) is 5.32 Å². The zero-order chi connectivity index (χ0) is 7.72. The fourth-order valence-corrected chi connectivity index (χ4v) is 1.56. The number of carbonyl (C=O) groups is 2. The fourth-order valence-electron chi connectivity index (χ4n) is 0.544. The van der Waals surface area contributed by atoms with Gasteiger partial charge in [-0.05, 0) is 11.8 Å². The molecule has 0 spiro atoms.